The van der Waals surface area contributed by atoms with Crippen molar-refractivity contribution in [1.29, 1.82) is 0 Å². The summed E-state index contributed by atoms with van der Waals surface area (Å²) in [4.78, 5) is 9.90. The number of carboxylic acid groups (broad SMARTS) is 1. The number of nitrogens with two attached hydrogens (primary N) is 1. The molecule has 0 aromatic heterocycles. The van der Waals surface area contributed by atoms with E-state index in [0.29, 0.717) is 0 Å². The van der Waals surface area contributed by atoms with Crippen LogP contribution in [-0.4, -0.2) is 11.1 Å². The van der Waals surface area contributed by atoms with Gasteiger partial charge in [0.15, 0.2) is 0 Å². The molecule has 0 saturated carbocycles. The summed E-state index contributed by atoms with van der Waals surface area (Å²) in [5.41, 5.74) is 4.71. The van der Waals surface area contributed by atoms with Crippen LogP contribution in [0.3, 0.4) is 0 Å². The summed E-state index contributed by atoms with van der Waals surface area (Å²) in [6.45, 7) is 0. The second-order valence-electron chi connectivity index (χ2n) is 0.979. The predicted molar refractivity (Wildman–Crippen MR) is 36.7 cm³/mol. The van der Waals surface area contributed by atoms with Gasteiger partial charge in [-0.2, -0.15) is 0 Å². The average molecular weight is 245 g/mol. The maximum Gasteiger partial charge on any atom is 0.353 e. The SMILES string of the molecule is NC(C(=O)O)=C(Br)Br. The molecule has 0 atom stereocenters. The summed E-state index contributed by atoms with van der Waals surface area (Å²) in [5.74, 6) is -1.14. The lowest BCUT2D eigenvalue weighted by Crippen LogP contribution is -2.09. The number of carbonyl (C=O) groups is 1. The summed E-state index contributed by atoms with van der Waals surface area (Å²) in [6.07, 6.45) is 0. The van der Waals surface area contributed by atoms with Crippen molar-refractivity contribution < 1.29 is 9.90 Å². The molecule has 0 rings (SSSR count). The Kier molecular flexibility index (Phi) is 3.08. The lowest BCUT2D eigenvalue weighted by Gasteiger charge is -1.89. The molecule has 8 heavy (non-hydrogen) atoms. The third kappa shape index (κ3) is 2.32. The van der Waals surface area contributed by atoms with Gasteiger partial charge in [-0.25, -0.2) is 4.79 Å². The summed E-state index contributed by atoms with van der Waals surface area (Å²) >= 11 is 5.66. The molecule has 0 aliphatic carbocycles. The second kappa shape index (κ2) is 3.09. The third-order valence-electron chi connectivity index (χ3n) is 0.434. The van der Waals surface area contributed by atoms with Crippen molar-refractivity contribution in [2.75, 3.05) is 0 Å². The van der Waals surface area contributed by atoms with Crippen LogP contribution in [0.1, 0.15) is 0 Å². The summed E-state index contributed by atoms with van der Waals surface area (Å²) in [6, 6.07) is 0. The van der Waals surface area contributed by atoms with E-state index in [1.807, 2.05) is 0 Å². The average Bonchev–Trinajstić information content (AvgIpc) is 1.64. The van der Waals surface area contributed by atoms with Crippen molar-refractivity contribution in [1.82, 2.24) is 0 Å². The first-order valence-electron chi connectivity index (χ1n) is 1.59. The summed E-state index contributed by atoms with van der Waals surface area (Å²) in [5, 5.41) is 8.11. The maximum absolute atomic E-state index is 9.90. The summed E-state index contributed by atoms with van der Waals surface area (Å²) in [7, 11) is 0. The Hall–Kier alpha value is -0.0300. The quantitative estimate of drug-likeness (QED) is 0.677. The number of aliphatic carboxylic acids is 1. The van der Waals surface area contributed by atoms with E-state index < -0.39 is 5.97 Å². The molecule has 0 heterocycles. The van der Waals surface area contributed by atoms with E-state index >= 15 is 0 Å². The van der Waals surface area contributed by atoms with Crippen LogP contribution in [0.5, 0.6) is 0 Å². The molecule has 0 aromatic carbocycles. The van der Waals surface area contributed by atoms with Crippen LogP contribution >= 0.6 is 31.9 Å². The smallest absolute Gasteiger partial charge is 0.353 e. The van der Waals surface area contributed by atoms with Gasteiger partial charge >= 0.3 is 5.97 Å². The molecule has 0 aliphatic rings. The van der Waals surface area contributed by atoms with Gasteiger partial charge in [-0.15, -0.1) is 0 Å². The van der Waals surface area contributed by atoms with E-state index in [2.05, 4.69) is 31.9 Å². The predicted octanol–water partition coefficient (Wildman–Crippen LogP) is 0.989. The fraction of sp³-hybridized carbons (Fsp3) is 0. The van der Waals surface area contributed by atoms with Crippen LogP contribution in [-0.2, 0) is 4.79 Å². The highest BCUT2D eigenvalue weighted by molar-refractivity contribution is 9.28. The van der Waals surface area contributed by atoms with Gasteiger partial charge in [0.1, 0.15) is 5.70 Å². The van der Waals surface area contributed by atoms with Crippen molar-refractivity contribution in [2.45, 2.75) is 0 Å². The van der Waals surface area contributed by atoms with Crippen molar-refractivity contribution in [3.63, 3.8) is 0 Å². The minimum absolute atomic E-state index is 0.231. The number of hydrogen-bond donors (Lipinski definition) is 2. The molecule has 0 radical (unpaired) electrons. The fourth-order valence-corrected chi connectivity index (χ4v) is 0.420. The van der Waals surface area contributed by atoms with Crippen molar-refractivity contribution in [2.24, 2.45) is 5.73 Å². The van der Waals surface area contributed by atoms with E-state index in [0.717, 1.165) is 0 Å². The van der Waals surface area contributed by atoms with E-state index in [-0.39, 0.29) is 9.09 Å². The topological polar surface area (TPSA) is 63.3 Å². The van der Waals surface area contributed by atoms with Crippen molar-refractivity contribution in [3.05, 3.63) is 9.09 Å². The van der Waals surface area contributed by atoms with Gasteiger partial charge in [-0.3, -0.25) is 0 Å². The first kappa shape index (κ1) is 7.97. The molecule has 3 nitrogen and oxygen atoms in total. The molecule has 0 saturated heterocycles. The fourth-order valence-electron chi connectivity index (χ4n) is 0.0808. The zero-order valence-electron chi connectivity index (χ0n) is 3.69. The highest BCUT2D eigenvalue weighted by atomic mass is 79.9. The Labute approximate surface area is 62.8 Å². The van der Waals surface area contributed by atoms with Crippen LogP contribution in [0.2, 0.25) is 0 Å². The van der Waals surface area contributed by atoms with Crippen LogP contribution in [0.25, 0.3) is 0 Å². The molecular formula is C3H3Br2NO2. The number of halogens is 2. The van der Waals surface area contributed by atoms with Gasteiger partial charge in [0, 0.05) is 0 Å². The van der Waals surface area contributed by atoms with Crippen LogP contribution < -0.4 is 5.73 Å². The van der Waals surface area contributed by atoms with Crippen LogP contribution in [0.15, 0.2) is 9.09 Å². The lowest BCUT2D eigenvalue weighted by atomic mass is 10.5. The molecule has 0 fully saturated rings. The van der Waals surface area contributed by atoms with Crippen LogP contribution in [0.4, 0.5) is 0 Å². The Balaban J connectivity index is 4.23. The Bertz CT molecular complexity index is 138. The first-order valence-corrected chi connectivity index (χ1v) is 3.18. The zero-order chi connectivity index (χ0) is 6.73. The molecule has 0 aromatic rings. The number of carboxylic acids is 1. The normalized spacial score (nSPS) is 8.25. The third-order valence-corrected chi connectivity index (χ3v) is 1.29. The van der Waals surface area contributed by atoms with Gasteiger partial charge < -0.3 is 10.8 Å². The minimum atomic E-state index is -1.14. The van der Waals surface area contributed by atoms with E-state index in [1.165, 1.54) is 0 Å². The van der Waals surface area contributed by atoms with Gasteiger partial charge in [-0.05, 0) is 31.9 Å². The van der Waals surface area contributed by atoms with E-state index in [9.17, 15) is 4.79 Å². The van der Waals surface area contributed by atoms with E-state index in [1.54, 1.807) is 0 Å². The Morgan fingerprint density at radius 2 is 1.88 bits per heavy atom. The molecule has 3 N–H and O–H groups in total. The van der Waals surface area contributed by atoms with Crippen LogP contribution in [0, 0.1) is 0 Å². The second-order valence-corrected chi connectivity index (χ2v) is 3.63. The molecule has 0 unspecified atom stereocenters. The molecule has 0 spiro atoms. The maximum atomic E-state index is 9.90. The molecule has 0 amide bonds. The van der Waals surface area contributed by atoms with E-state index in [4.69, 9.17) is 10.8 Å². The minimum Gasteiger partial charge on any atom is -0.477 e. The standard InChI is InChI=1S/C3H3Br2NO2/c4-2(5)1(6)3(7)8/h6H2,(H,7,8). The van der Waals surface area contributed by atoms with Crippen molar-refractivity contribution in [3.8, 4) is 0 Å². The molecule has 0 bridgehead atoms. The van der Waals surface area contributed by atoms with Gasteiger partial charge in [0.2, 0.25) is 0 Å². The highest BCUT2D eigenvalue weighted by Gasteiger charge is 2.03. The first-order chi connectivity index (χ1) is 3.55. The molecule has 0 aliphatic heterocycles. The summed E-state index contributed by atoms with van der Waals surface area (Å²) < 4.78 is 0.262. The van der Waals surface area contributed by atoms with Gasteiger partial charge in [-0.1, -0.05) is 0 Å². The number of rotatable bonds is 1. The molecule has 46 valence electrons. The largest absolute Gasteiger partial charge is 0.477 e. The highest BCUT2D eigenvalue weighted by Crippen LogP contribution is 2.15. The Morgan fingerprint density at radius 3 is 1.88 bits per heavy atom. The lowest BCUT2D eigenvalue weighted by molar-refractivity contribution is -0.132. The van der Waals surface area contributed by atoms with Gasteiger partial charge in [0.25, 0.3) is 0 Å². The Morgan fingerprint density at radius 1 is 1.50 bits per heavy atom. The zero-order valence-corrected chi connectivity index (χ0v) is 6.86. The van der Waals surface area contributed by atoms with Gasteiger partial charge in [0.05, 0.1) is 3.39 Å². The number of hydrogen-bond acceptors (Lipinski definition) is 2. The molecular weight excluding hydrogens is 242 g/mol. The monoisotopic (exact) mass is 243 g/mol. The van der Waals surface area contributed by atoms with Crippen molar-refractivity contribution >= 4 is 37.8 Å². The molecule has 5 heteroatoms.